The fourth-order valence-corrected chi connectivity index (χ4v) is 4.50. The predicted octanol–water partition coefficient (Wildman–Crippen LogP) is 4.44. The second kappa shape index (κ2) is 4.56. The second-order valence-corrected chi connectivity index (χ2v) is 7.63. The van der Waals surface area contributed by atoms with Crippen molar-refractivity contribution in [3.05, 3.63) is 35.1 Å². The van der Waals surface area contributed by atoms with Crippen LogP contribution in [0.5, 0.6) is 0 Å². The fourth-order valence-electron chi connectivity index (χ4n) is 4.50. The zero-order chi connectivity index (χ0) is 14.5. The van der Waals surface area contributed by atoms with Gasteiger partial charge >= 0.3 is 0 Å². The highest BCUT2D eigenvalue weighted by Gasteiger charge is 2.60. The SMILES string of the molecule is Cc1ccc(CNC2CC3CCC2(C)C3(C)C)cc1F. The van der Waals surface area contributed by atoms with Crippen LogP contribution in [0.15, 0.2) is 18.2 Å². The van der Waals surface area contributed by atoms with E-state index < -0.39 is 0 Å². The van der Waals surface area contributed by atoms with E-state index in [1.165, 1.54) is 19.3 Å². The molecular weight excluding hydrogens is 249 g/mol. The van der Waals surface area contributed by atoms with Crippen LogP contribution in [0.25, 0.3) is 0 Å². The zero-order valence-electron chi connectivity index (χ0n) is 13.1. The molecule has 0 aromatic heterocycles. The maximum atomic E-state index is 13.6. The minimum absolute atomic E-state index is 0.0937. The average Bonchev–Trinajstić information content (AvgIpc) is 2.73. The second-order valence-electron chi connectivity index (χ2n) is 7.63. The smallest absolute Gasteiger partial charge is 0.126 e. The van der Waals surface area contributed by atoms with Crippen molar-refractivity contribution in [2.75, 3.05) is 0 Å². The summed E-state index contributed by atoms with van der Waals surface area (Å²) >= 11 is 0. The molecule has 3 atom stereocenters. The Labute approximate surface area is 122 Å². The Hall–Kier alpha value is -0.890. The number of benzene rings is 1. The first kappa shape index (κ1) is 14.1. The third-order valence-electron chi connectivity index (χ3n) is 6.58. The Kier molecular flexibility index (Phi) is 3.20. The van der Waals surface area contributed by atoms with Gasteiger partial charge in [0.05, 0.1) is 0 Å². The number of fused-ring (bicyclic) bond motifs is 2. The maximum Gasteiger partial charge on any atom is 0.126 e. The number of halogens is 1. The molecule has 1 aromatic rings. The lowest BCUT2D eigenvalue weighted by molar-refractivity contribution is 0.120. The highest BCUT2D eigenvalue weighted by molar-refractivity contribution is 5.23. The van der Waals surface area contributed by atoms with Crippen molar-refractivity contribution in [1.29, 1.82) is 0 Å². The van der Waals surface area contributed by atoms with Crippen LogP contribution >= 0.6 is 0 Å². The molecule has 20 heavy (non-hydrogen) atoms. The molecule has 2 saturated carbocycles. The third-order valence-corrected chi connectivity index (χ3v) is 6.58. The van der Waals surface area contributed by atoms with Gasteiger partial charge in [-0.1, -0.05) is 32.9 Å². The van der Waals surface area contributed by atoms with Crippen LogP contribution in [-0.2, 0) is 6.54 Å². The molecule has 2 aliphatic rings. The summed E-state index contributed by atoms with van der Waals surface area (Å²) in [6.45, 7) is 9.88. The number of hydrogen-bond acceptors (Lipinski definition) is 1. The highest BCUT2D eigenvalue weighted by Crippen LogP contribution is 2.65. The van der Waals surface area contributed by atoms with Gasteiger partial charge in [-0.05, 0) is 60.1 Å². The number of nitrogens with one attached hydrogen (secondary N) is 1. The van der Waals surface area contributed by atoms with Crippen molar-refractivity contribution in [1.82, 2.24) is 5.32 Å². The van der Waals surface area contributed by atoms with Crippen molar-refractivity contribution in [2.45, 2.75) is 59.5 Å². The Balaban J connectivity index is 1.69. The fraction of sp³-hybridized carbons (Fsp3) is 0.667. The van der Waals surface area contributed by atoms with Crippen LogP contribution in [0, 0.1) is 29.5 Å². The summed E-state index contributed by atoms with van der Waals surface area (Å²) in [5, 5.41) is 3.71. The lowest BCUT2D eigenvalue weighted by Crippen LogP contribution is -2.44. The molecule has 3 unspecified atom stereocenters. The molecule has 2 aliphatic carbocycles. The van der Waals surface area contributed by atoms with E-state index in [9.17, 15) is 4.39 Å². The van der Waals surface area contributed by atoms with Gasteiger partial charge in [-0.25, -0.2) is 4.39 Å². The van der Waals surface area contributed by atoms with Crippen LogP contribution in [0.4, 0.5) is 4.39 Å². The van der Waals surface area contributed by atoms with E-state index >= 15 is 0 Å². The summed E-state index contributed by atoms with van der Waals surface area (Å²) in [6, 6.07) is 6.15. The quantitative estimate of drug-likeness (QED) is 0.860. The van der Waals surface area contributed by atoms with E-state index in [4.69, 9.17) is 0 Å². The summed E-state index contributed by atoms with van der Waals surface area (Å²) in [5.41, 5.74) is 2.60. The van der Waals surface area contributed by atoms with Gasteiger partial charge in [-0.3, -0.25) is 0 Å². The third kappa shape index (κ3) is 1.92. The van der Waals surface area contributed by atoms with Gasteiger partial charge in [-0.2, -0.15) is 0 Å². The molecule has 1 nitrogen and oxygen atoms in total. The molecule has 0 aliphatic heterocycles. The molecule has 0 spiro atoms. The molecule has 110 valence electrons. The zero-order valence-corrected chi connectivity index (χ0v) is 13.1. The monoisotopic (exact) mass is 275 g/mol. The molecule has 2 bridgehead atoms. The molecule has 0 heterocycles. The van der Waals surface area contributed by atoms with Gasteiger partial charge in [0.25, 0.3) is 0 Å². The van der Waals surface area contributed by atoms with E-state index in [1.807, 2.05) is 19.1 Å². The van der Waals surface area contributed by atoms with Crippen molar-refractivity contribution in [3.63, 3.8) is 0 Å². The summed E-state index contributed by atoms with van der Waals surface area (Å²) < 4.78 is 13.6. The van der Waals surface area contributed by atoms with Crippen LogP contribution < -0.4 is 5.32 Å². The maximum absolute atomic E-state index is 13.6. The van der Waals surface area contributed by atoms with E-state index in [2.05, 4.69) is 26.1 Å². The van der Waals surface area contributed by atoms with Crippen LogP contribution in [0.3, 0.4) is 0 Å². The molecule has 2 heteroatoms. The number of aryl methyl sites for hydroxylation is 1. The van der Waals surface area contributed by atoms with E-state index in [1.54, 1.807) is 6.07 Å². The normalized spacial score (nSPS) is 34.6. The summed E-state index contributed by atoms with van der Waals surface area (Å²) in [4.78, 5) is 0. The highest BCUT2D eigenvalue weighted by atomic mass is 19.1. The topological polar surface area (TPSA) is 12.0 Å². The van der Waals surface area contributed by atoms with Gasteiger partial charge in [0.2, 0.25) is 0 Å². The Morgan fingerprint density at radius 2 is 2.05 bits per heavy atom. The first-order valence-electron chi connectivity index (χ1n) is 7.83. The molecule has 1 N–H and O–H groups in total. The van der Waals surface area contributed by atoms with Gasteiger partial charge in [0, 0.05) is 12.6 Å². The first-order valence-corrected chi connectivity index (χ1v) is 7.83. The summed E-state index contributed by atoms with van der Waals surface area (Å²) in [5.74, 6) is 0.753. The standard InChI is InChI=1S/C18H26FN/c1-12-5-6-13(9-15(12)19)11-20-16-10-14-7-8-18(16,4)17(14,2)3/h5-6,9,14,16,20H,7-8,10-11H2,1-4H3. The van der Waals surface area contributed by atoms with Gasteiger partial charge in [-0.15, -0.1) is 0 Å². The summed E-state index contributed by atoms with van der Waals surface area (Å²) in [7, 11) is 0. The van der Waals surface area contributed by atoms with Crippen molar-refractivity contribution < 1.29 is 4.39 Å². The molecule has 1 aromatic carbocycles. The molecule has 0 radical (unpaired) electrons. The molecule has 3 rings (SSSR count). The molecule has 2 fully saturated rings. The Bertz CT molecular complexity index is 522. The Morgan fingerprint density at radius 1 is 1.30 bits per heavy atom. The van der Waals surface area contributed by atoms with E-state index in [0.29, 0.717) is 16.9 Å². The Morgan fingerprint density at radius 3 is 2.60 bits per heavy atom. The minimum atomic E-state index is -0.0937. The lowest BCUT2D eigenvalue weighted by atomic mass is 9.69. The van der Waals surface area contributed by atoms with Crippen LogP contribution in [0.1, 0.15) is 51.2 Å². The minimum Gasteiger partial charge on any atom is -0.309 e. The molecule has 0 saturated heterocycles. The molecule has 0 amide bonds. The predicted molar refractivity (Wildman–Crippen MR) is 81.0 cm³/mol. The summed E-state index contributed by atoms with van der Waals surface area (Å²) in [6.07, 6.45) is 3.98. The first-order chi connectivity index (χ1) is 9.34. The average molecular weight is 275 g/mol. The number of hydrogen-bond donors (Lipinski definition) is 1. The van der Waals surface area contributed by atoms with E-state index in [0.717, 1.165) is 23.6 Å². The van der Waals surface area contributed by atoms with Gasteiger partial charge in [0.15, 0.2) is 0 Å². The lowest BCUT2D eigenvalue weighted by Gasteiger charge is -2.39. The van der Waals surface area contributed by atoms with Crippen LogP contribution in [0.2, 0.25) is 0 Å². The molecular formula is C18H26FN. The van der Waals surface area contributed by atoms with Crippen LogP contribution in [-0.4, -0.2) is 6.04 Å². The van der Waals surface area contributed by atoms with Crippen molar-refractivity contribution in [2.24, 2.45) is 16.7 Å². The van der Waals surface area contributed by atoms with E-state index in [-0.39, 0.29) is 5.82 Å². The van der Waals surface area contributed by atoms with Gasteiger partial charge in [0.1, 0.15) is 5.82 Å². The largest absolute Gasteiger partial charge is 0.309 e. The van der Waals surface area contributed by atoms with Gasteiger partial charge < -0.3 is 5.32 Å². The number of rotatable bonds is 3. The van der Waals surface area contributed by atoms with Crippen molar-refractivity contribution in [3.8, 4) is 0 Å². The van der Waals surface area contributed by atoms with Crippen molar-refractivity contribution >= 4 is 0 Å².